The minimum absolute atomic E-state index is 0.194. The summed E-state index contributed by atoms with van der Waals surface area (Å²) in [6, 6.07) is 6.82. The molecule has 0 aliphatic rings. The Labute approximate surface area is 219 Å². The average molecular weight is 535 g/mol. The summed E-state index contributed by atoms with van der Waals surface area (Å²) >= 11 is 15.0. The summed E-state index contributed by atoms with van der Waals surface area (Å²) in [5.41, 5.74) is 2.52. The molecule has 0 saturated heterocycles. The number of anilines is 1. The molecule has 2 N–H and O–H groups in total. The Balaban J connectivity index is 0. The maximum Gasteiger partial charge on any atom is 0.238 e. The van der Waals surface area contributed by atoms with Gasteiger partial charge in [0.25, 0.3) is 0 Å². The lowest BCUT2D eigenvalue weighted by atomic mass is 9.94. The minimum atomic E-state index is -1.31. The maximum absolute atomic E-state index is 12.2. The van der Waals surface area contributed by atoms with Crippen molar-refractivity contribution in [2.24, 2.45) is 5.41 Å². The molecule has 192 valence electrons. The highest BCUT2D eigenvalue weighted by molar-refractivity contribution is 6.66. The van der Waals surface area contributed by atoms with Gasteiger partial charge >= 0.3 is 0 Å². The Morgan fingerprint density at radius 3 is 1.62 bits per heavy atom. The largest absolute Gasteiger partial charge is 0.507 e. The number of benzene rings is 2. The summed E-state index contributed by atoms with van der Waals surface area (Å²) in [6.45, 7) is 18.4. The van der Waals surface area contributed by atoms with E-state index < -0.39 is 16.6 Å². The number of aromatic hydroxyl groups is 1. The fraction of sp³-hybridized carbons (Fsp3) is 0.462. The lowest BCUT2D eigenvalue weighted by Gasteiger charge is -2.19. The highest BCUT2D eigenvalue weighted by Gasteiger charge is 2.34. The third-order valence-corrected chi connectivity index (χ3v) is 5.38. The third-order valence-electron chi connectivity index (χ3n) is 4.91. The van der Waals surface area contributed by atoms with Crippen LogP contribution in [0.15, 0.2) is 24.3 Å². The number of ether oxygens (including phenoxy) is 1. The van der Waals surface area contributed by atoms with Crippen molar-refractivity contribution in [3.63, 3.8) is 0 Å². The number of phenolic OH excluding ortho intramolecular Hbond substituents is 1. The van der Waals surface area contributed by atoms with Crippen LogP contribution < -0.4 is 10.1 Å². The number of carbonyl (C=O) groups is 2. The first-order valence-electron chi connectivity index (χ1n) is 11.1. The number of alkyl halides is 2. The van der Waals surface area contributed by atoms with Crippen LogP contribution in [-0.2, 0) is 9.59 Å². The summed E-state index contributed by atoms with van der Waals surface area (Å²) in [5.74, 6) is 1.10. The molecule has 34 heavy (non-hydrogen) atoms. The van der Waals surface area contributed by atoms with Crippen LogP contribution in [0.3, 0.4) is 0 Å². The Morgan fingerprint density at radius 2 is 1.26 bits per heavy atom. The van der Waals surface area contributed by atoms with Gasteiger partial charge in [0.2, 0.25) is 11.1 Å². The Kier molecular flexibility index (Phi) is 16.7. The molecule has 0 bridgehead atoms. The van der Waals surface area contributed by atoms with Crippen molar-refractivity contribution in [2.75, 3.05) is 10.7 Å². The third kappa shape index (κ3) is 9.36. The molecule has 8 heteroatoms. The summed E-state index contributed by atoms with van der Waals surface area (Å²) in [6.07, 6.45) is 0. The van der Waals surface area contributed by atoms with E-state index >= 15 is 0 Å². The van der Waals surface area contributed by atoms with Gasteiger partial charge in [0.05, 0.1) is 5.34 Å². The lowest BCUT2D eigenvalue weighted by molar-refractivity contribution is -0.132. The van der Waals surface area contributed by atoms with Crippen LogP contribution in [0.1, 0.15) is 63.8 Å². The zero-order valence-corrected chi connectivity index (χ0v) is 24.1. The molecule has 2 aromatic carbocycles. The smallest absolute Gasteiger partial charge is 0.238 e. The van der Waals surface area contributed by atoms with Crippen molar-refractivity contribution >= 4 is 51.6 Å². The van der Waals surface area contributed by atoms with Gasteiger partial charge in [-0.25, -0.2) is 0 Å². The zero-order valence-electron chi connectivity index (χ0n) is 21.8. The number of hydrogen-bond donors (Lipinski definition) is 2. The van der Waals surface area contributed by atoms with E-state index in [0.717, 1.165) is 22.3 Å². The number of phenols is 1. The van der Waals surface area contributed by atoms with E-state index in [9.17, 15) is 14.7 Å². The SMILES string of the molecule is CC.CC.Cc1c(C)c(Oc2ccc(NC(=O)C(C)(C)C(=O)Cl)cc2)c(C)c(C)c1O.ClCCl. The number of rotatable bonds is 5. The van der Waals surface area contributed by atoms with Gasteiger partial charge < -0.3 is 15.2 Å². The maximum atomic E-state index is 12.2. The number of halogens is 3. The fourth-order valence-corrected chi connectivity index (χ4v) is 2.60. The number of hydrogen-bond acceptors (Lipinski definition) is 4. The van der Waals surface area contributed by atoms with E-state index in [0.29, 0.717) is 17.2 Å². The molecule has 0 aliphatic heterocycles. The molecule has 0 atom stereocenters. The first-order valence-corrected chi connectivity index (χ1v) is 12.5. The van der Waals surface area contributed by atoms with Crippen LogP contribution in [0.5, 0.6) is 17.2 Å². The van der Waals surface area contributed by atoms with Gasteiger partial charge in [-0.15, -0.1) is 23.2 Å². The van der Waals surface area contributed by atoms with E-state index in [1.807, 2.05) is 55.4 Å². The van der Waals surface area contributed by atoms with Crippen molar-refractivity contribution < 1.29 is 19.4 Å². The van der Waals surface area contributed by atoms with Gasteiger partial charge in [-0.1, -0.05) is 27.7 Å². The normalized spacial score (nSPS) is 9.79. The molecule has 0 saturated carbocycles. The van der Waals surface area contributed by atoms with Crippen molar-refractivity contribution in [3.05, 3.63) is 46.5 Å². The second-order valence-corrected chi connectivity index (χ2v) is 8.41. The Morgan fingerprint density at radius 1 is 0.882 bits per heavy atom. The van der Waals surface area contributed by atoms with Crippen molar-refractivity contribution in [3.8, 4) is 17.2 Å². The summed E-state index contributed by atoms with van der Waals surface area (Å²) in [4.78, 5) is 23.5. The van der Waals surface area contributed by atoms with Crippen LogP contribution in [0, 0.1) is 33.1 Å². The van der Waals surface area contributed by atoms with E-state index in [-0.39, 0.29) is 11.1 Å². The molecular formula is C26H38Cl3NO4. The van der Waals surface area contributed by atoms with E-state index in [1.165, 1.54) is 13.8 Å². The van der Waals surface area contributed by atoms with Gasteiger partial charge in [-0.05, 0) is 99.7 Å². The molecule has 1 amide bonds. The molecule has 5 nitrogen and oxygen atoms in total. The lowest BCUT2D eigenvalue weighted by Crippen LogP contribution is -2.35. The second-order valence-electron chi connectivity index (χ2n) is 7.26. The van der Waals surface area contributed by atoms with E-state index in [1.54, 1.807) is 24.3 Å². The van der Waals surface area contributed by atoms with Crippen LogP contribution >= 0.6 is 34.8 Å². The Bertz CT molecular complexity index is 898. The monoisotopic (exact) mass is 533 g/mol. The van der Waals surface area contributed by atoms with Gasteiger partial charge in [-0.2, -0.15) is 0 Å². The first kappa shape index (κ1) is 34.2. The molecule has 2 aromatic rings. The van der Waals surface area contributed by atoms with Gasteiger partial charge in [0.1, 0.15) is 22.7 Å². The topological polar surface area (TPSA) is 75.6 Å². The molecule has 0 spiro atoms. The molecule has 2 rings (SSSR count). The standard InChI is InChI=1S/C21H24ClNO4.2C2H6.CH2Cl2/c1-11-13(3)18(14(4)12(2)17(11)24)27-16-9-7-15(8-10-16)23-20(26)21(5,6)19(22)25;2*1-2;2-1-3/h7-10,24H,1-6H3,(H,23,26);2*1-2H3;1H2. The average Bonchev–Trinajstić information content (AvgIpc) is 2.83. The number of amides is 1. The van der Waals surface area contributed by atoms with Crippen LogP contribution in [0.2, 0.25) is 0 Å². The Hall–Kier alpha value is -1.95. The van der Waals surface area contributed by atoms with Gasteiger partial charge in [-0.3, -0.25) is 9.59 Å². The molecule has 0 aromatic heterocycles. The number of nitrogens with one attached hydrogen (secondary N) is 1. The molecule has 0 radical (unpaired) electrons. The number of carbonyl (C=O) groups excluding carboxylic acids is 2. The molecule has 0 fully saturated rings. The van der Waals surface area contributed by atoms with Crippen molar-refractivity contribution in [2.45, 2.75) is 69.2 Å². The van der Waals surface area contributed by atoms with E-state index in [4.69, 9.17) is 39.5 Å². The first-order chi connectivity index (χ1) is 15.9. The zero-order chi connectivity index (χ0) is 27.2. The fourth-order valence-electron chi connectivity index (χ4n) is 2.51. The van der Waals surface area contributed by atoms with Crippen LogP contribution in [0.4, 0.5) is 5.69 Å². The predicted octanol–water partition coefficient (Wildman–Crippen LogP) is 8.62. The highest BCUT2D eigenvalue weighted by atomic mass is 35.5. The predicted molar refractivity (Wildman–Crippen MR) is 146 cm³/mol. The quantitative estimate of drug-likeness (QED) is 0.229. The summed E-state index contributed by atoms with van der Waals surface area (Å²) < 4.78 is 6.02. The molecular weight excluding hydrogens is 497 g/mol. The van der Waals surface area contributed by atoms with Crippen LogP contribution in [0.25, 0.3) is 0 Å². The molecule has 0 heterocycles. The van der Waals surface area contributed by atoms with E-state index in [2.05, 4.69) is 5.32 Å². The van der Waals surface area contributed by atoms with Gasteiger partial charge in [0.15, 0.2) is 0 Å². The van der Waals surface area contributed by atoms with Crippen molar-refractivity contribution in [1.82, 2.24) is 0 Å². The minimum Gasteiger partial charge on any atom is -0.507 e. The molecule has 0 aliphatic carbocycles. The summed E-state index contributed by atoms with van der Waals surface area (Å²) in [7, 11) is 0. The summed E-state index contributed by atoms with van der Waals surface area (Å²) in [5, 5.41) is 12.3. The van der Waals surface area contributed by atoms with Crippen LogP contribution in [-0.4, -0.2) is 21.6 Å². The second kappa shape index (κ2) is 16.6. The molecule has 0 unspecified atom stereocenters. The van der Waals surface area contributed by atoms with Gasteiger partial charge in [0, 0.05) is 5.69 Å². The highest BCUT2D eigenvalue weighted by Crippen LogP contribution is 2.38. The van der Waals surface area contributed by atoms with Crippen molar-refractivity contribution in [1.29, 1.82) is 0 Å².